The van der Waals surface area contributed by atoms with Gasteiger partial charge in [-0.25, -0.2) is 5.01 Å². The molecular weight excluding hydrogens is 268 g/mol. The minimum atomic E-state index is -0.667. The van der Waals surface area contributed by atoms with Crippen molar-refractivity contribution in [1.82, 2.24) is 10.4 Å². The topological polar surface area (TPSA) is 91.0 Å². The lowest BCUT2D eigenvalue weighted by molar-refractivity contribution is -0.128. The Hall–Kier alpha value is -2.08. The number of hydrazine groups is 1. The van der Waals surface area contributed by atoms with Gasteiger partial charge in [-0.3, -0.25) is 10.2 Å². The van der Waals surface area contributed by atoms with Gasteiger partial charge in [0.15, 0.2) is 5.84 Å². The van der Waals surface area contributed by atoms with Crippen molar-refractivity contribution in [1.29, 1.82) is 0 Å². The summed E-state index contributed by atoms with van der Waals surface area (Å²) in [6, 6.07) is 9.57. The number of benzene rings is 1. The van der Waals surface area contributed by atoms with Gasteiger partial charge in [-0.05, 0) is 24.8 Å². The fraction of sp³-hybridized carbons (Fsp3) is 0.467. The molecule has 1 atom stereocenters. The van der Waals surface area contributed by atoms with Crippen LogP contribution in [0.5, 0.6) is 0 Å². The summed E-state index contributed by atoms with van der Waals surface area (Å²) in [4.78, 5) is 12.4. The summed E-state index contributed by atoms with van der Waals surface area (Å²) >= 11 is 0. The van der Waals surface area contributed by atoms with Crippen LogP contribution in [0.15, 0.2) is 35.5 Å². The number of rotatable bonds is 5. The van der Waals surface area contributed by atoms with E-state index in [-0.39, 0.29) is 11.7 Å². The molecule has 0 bridgehead atoms. The third-order valence-electron chi connectivity index (χ3n) is 3.70. The van der Waals surface area contributed by atoms with Crippen LogP contribution in [0.4, 0.5) is 0 Å². The first kappa shape index (κ1) is 15.3. The number of oxime groups is 1. The van der Waals surface area contributed by atoms with Crippen molar-refractivity contribution in [2.24, 2.45) is 16.8 Å². The molecule has 1 amide bonds. The molecule has 0 aliphatic carbocycles. The number of piperidine rings is 1. The number of hydrogen-bond acceptors (Lipinski definition) is 4. The second kappa shape index (κ2) is 7.64. The summed E-state index contributed by atoms with van der Waals surface area (Å²) in [5, 5.41) is 13.8. The van der Waals surface area contributed by atoms with Crippen molar-refractivity contribution >= 4 is 11.7 Å². The zero-order valence-corrected chi connectivity index (χ0v) is 12.0. The van der Waals surface area contributed by atoms with Crippen molar-refractivity contribution in [3.63, 3.8) is 0 Å². The molecule has 0 aromatic heterocycles. The van der Waals surface area contributed by atoms with E-state index in [0.717, 1.165) is 31.5 Å². The molecule has 1 heterocycles. The Balaban J connectivity index is 2.02. The van der Waals surface area contributed by atoms with Crippen LogP contribution >= 0.6 is 0 Å². The van der Waals surface area contributed by atoms with Gasteiger partial charge in [-0.1, -0.05) is 41.9 Å². The number of nitrogens with two attached hydrogens (primary N) is 1. The van der Waals surface area contributed by atoms with Crippen LogP contribution in [0.1, 0.15) is 24.8 Å². The average Bonchev–Trinajstić information content (AvgIpc) is 2.53. The van der Waals surface area contributed by atoms with Crippen molar-refractivity contribution in [2.75, 3.05) is 13.1 Å². The quantitative estimate of drug-likeness (QED) is 0.328. The smallest absolute Gasteiger partial charge is 0.245 e. The Morgan fingerprint density at radius 1 is 1.29 bits per heavy atom. The summed E-state index contributed by atoms with van der Waals surface area (Å²) in [6.07, 6.45) is 3.76. The average molecular weight is 290 g/mol. The minimum absolute atomic E-state index is 0.0617. The van der Waals surface area contributed by atoms with Crippen LogP contribution in [0.2, 0.25) is 0 Å². The van der Waals surface area contributed by atoms with Gasteiger partial charge < -0.3 is 10.9 Å². The maximum Gasteiger partial charge on any atom is 0.245 e. The zero-order chi connectivity index (χ0) is 15.1. The van der Waals surface area contributed by atoms with Gasteiger partial charge in [0.2, 0.25) is 5.91 Å². The Labute approximate surface area is 124 Å². The van der Waals surface area contributed by atoms with E-state index in [0.29, 0.717) is 6.42 Å². The van der Waals surface area contributed by atoms with Crippen LogP contribution in [0.25, 0.3) is 0 Å². The first-order valence-corrected chi connectivity index (χ1v) is 7.27. The summed E-state index contributed by atoms with van der Waals surface area (Å²) < 4.78 is 0. The number of amidine groups is 1. The van der Waals surface area contributed by atoms with E-state index in [1.807, 2.05) is 35.3 Å². The standard InChI is InChI=1S/C15H22N4O2/c16-14(18-21)13(11-12-7-3-1-4-8-12)15(20)17-19-9-5-2-6-10-19/h1,3-4,7-8,13,21H,2,5-6,9-11H2,(H2,16,18)(H,17,20). The third kappa shape index (κ3) is 4.46. The van der Waals surface area contributed by atoms with E-state index in [2.05, 4.69) is 10.6 Å². The molecule has 1 aliphatic heterocycles. The Morgan fingerprint density at radius 3 is 2.57 bits per heavy atom. The van der Waals surface area contributed by atoms with Gasteiger partial charge in [0, 0.05) is 13.1 Å². The third-order valence-corrected chi connectivity index (χ3v) is 3.70. The fourth-order valence-electron chi connectivity index (χ4n) is 2.49. The lowest BCUT2D eigenvalue weighted by Crippen LogP contribution is -2.50. The highest BCUT2D eigenvalue weighted by molar-refractivity contribution is 6.02. The van der Waals surface area contributed by atoms with E-state index in [4.69, 9.17) is 10.9 Å². The molecule has 0 spiro atoms. The van der Waals surface area contributed by atoms with Crippen LogP contribution in [-0.4, -0.2) is 35.0 Å². The molecule has 6 nitrogen and oxygen atoms in total. The summed E-state index contributed by atoms with van der Waals surface area (Å²) in [5.41, 5.74) is 9.54. The highest BCUT2D eigenvalue weighted by atomic mass is 16.4. The molecule has 1 fully saturated rings. The molecule has 2 rings (SSSR count). The number of nitrogens with zero attached hydrogens (tertiary/aromatic N) is 2. The van der Waals surface area contributed by atoms with E-state index in [1.165, 1.54) is 6.42 Å². The van der Waals surface area contributed by atoms with Crippen molar-refractivity contribution < 1.29 is 10.0 Å². The zero-order valence-electron chi connectivity index (χ0n) is 12.0. The molecule has 1 aromatic carbocycles. The second-order valence-corrected chi connectivity index (χ2v) is 5.29. The Morgan fingerprint density at radius 2 is 1.95 bits per heavy atom. The van der Waals surface area contributed by atoms with Gasteiger partial charge in [-0.15, -0.1) is 0 Å². The molecule has 1 unspecified atom stereocenters. The van der Waals surface area contributed by atoms with Gasteiger partial charge in [-0.2, -0.15) is 0 Å². The Bertz CT molecular complexity index is 484. The summed E-state index contributed by atoms with van der Waals surface area (Å²) in [7, 11) is 0. The van der Waals surface area contributed by atoms with Crippen LogP contribution < -0.4 is 11.2 Å². The van der Waals surface area contributed by atoms with Crippen LogP contribution in [0.3, 0.4) is 0 Å². The fourth-order valence-corrected chi connectivity index (χ4v) is 2.49. The lowest BCUT2D eigenvalue weighted by Gasteiger charge is -2.28. The van der Waals surface area contributed by atoms with Gasteiger partial charge in [0.25, 0.3) is 0 Å². The second-order valence-electron chi connectivity index (χ2n) is 5.29. The molecule has 1 aromatic rings. The van der Waals surface area contributed by atoms with Crippen molar-refractivity contribution in [3.8, 4) is 0 Å². The first-order valence-electron chi connectivity index (χ1n) is 7.27. The van der Waals surface area contributed by atoms with E-state index >= 15 is 0 Å². The largest absolute Gasteiger partial charge is 0.409 e. The van der Waals surface area contributed by atoms with Gasteiger partial charge >= 0.3 is 0 Å². The highest BCUT2D eigenvalue weighted by Crippen LogP contribution is 2.11. The van der Waals surface area contributed by atoms with E-state index in [1.54, 1.807) is 0 Å². The molecule has 1 saturated heterocycles. The number of hydrogen-bond donors (Lipinski definition) is 3. The molecule has 0 saturated carbocycles. The maximum absolute atomic E-state index is 12.4. The predicted octanol–water partition coefficient (Wildman–Crippen LogP) is 1.11. The monoisotopic (exact) mass is 290 g/mol. The Kier molecular flexibility index (Phi) is 5.57. The predicted molar refractivity (Wildman–Crippen MR) is 80.6 cm³/mol. The maximum atomic E-state index is 12.4. The number of carbonyl (C=O) groups excluding carboxylic acids is 1. The summed E-state index contributed by atoms with van der Waals surface area (Å²) in [5.74, 6) is -0.955. The minimum Gasteiger partial charge on any atom is -0.409 e. The van der Waals surface area contributed by atoms with Crippen molar-refractivity contribution in [3.05, 3.63) is 35.9 Å². The number of carbonyl (C=O) groups is 1. The molecule has 0 radical (unpaired) electrons. The van der Waals surface area contributed by atoms with Crippen LogP contribution in [-0.2, 0) is 11.2 Å². The number of nitrogens with one attached hydrogen (secondary N) is 1. The molecule has 4 N–H and O–H groups in total. The van der Waals surface area contributed by atoms with Gasteiger partial charge in [0.1, 0.15) is 5.92 Å². The van der Waals surface area contributed by atoms with Gasteiger partial charge in [0.05, 0.1) is 0 Å². The lowest BCUT2D eigenvalue weighted by atomic mass is 9.97. The molecular formula is C15H22N4O2. The van der Waals surface area contributed by atoms with E-state index < -0.39 is 5.92 Å². The first-order chi connectivity index (χ1) is 10.2. The molecule has 114 valence electrons. The SMILES string of the molecule is N/C(=N/O)C(Cc1ccccc1)C(=O)NN1CCCCC1. The number of amides is 1. The summed E-state index contributed by atoms with van der Waals surface area (Å²) in [6.45, 7) is 1.69. The van der Waals surface area contributed by atoms with E-state index in [9.17, 15) is 4.79 Å². The molecule has 21 heavy (non-hydrogen) atoms. The molecule has 6 heteroatoms. The highest BCUT2D eigenvalue weighted by Gasteiger charge is 2.25. The molecule has 1 aliphatic rings. The van der Waals surface area contributed by atoms with Crippen LogP contribution in [0, 0.1) is 5.92 Å². The normalized spacial score (nSPS) is 18.2. The van der Waals surface area contributed by atoms with Crippen molar-refractivity contribution in [2.45, 2.75) is 25.7 Å².